The monoisotopic (exact) mass is 186 g/mol. The summed E-state index contributed by atoms with van der Waals surface area (Å²) in [5, 5.41) is 0. The molecule has 0 fully saturated rings. The Balaban J connectivity index is 3.53. The van der Waals surface area contributed by atoms with Gasteiger partial charge in [-0.05, 0) is 19.3 Å². The maximum atomic E-state index is 5.79. The van der Waals surface area contributed by atoms with Crippen LogP contribution < -0.4 is 11.5 Å². The molecule has 0 bridgehead atoms. The summed E-state index contributed by atoms with van der Waals surface area (Å²) in [4.78, 5) is 5.84. The van der Waals surface area contributed by atoms with Gasteiger partial charge in [0.25, 0.3) is 0 Å². The van der Waals surface area contributed by atoms with E-state index in [-0.39, 0.29) is 0 Å². The minimum absolute atomic E-state index is 0.327. The van der Waals surface area contributed by atoms with E-state index in [1.165, 1.54) is 0 Å². The third-order valence-electron chi connectivity index (χ3n) is 2.21. The molecule has 13 heavy (non-hydrogen) atoms. The Labute approximate surface area is 81.0 Å². The van der Waals surface area contributed by atoms with Crippen molar-refractivity contribution in [3.8, 4) is 0 Å². The molecule has 0 aliphatic carbocycles. The molecule has 4 heteroatoms. The Morgan fingerprint density at radius 1 is 1.54 bits per heavy atom. The molecule has 0 aromatic rings. The molecule has 0 heterocycles. The summed E-state index contributed by atoms with van der Waals surface area (Å²) in [6, 6.07) is 0.327. The number of nitrogens with zero attached hydrogens (tertiary/aromatic N) is 2. The lowest BCUT2D eigenvalue weighted by Crippen LogP contribution is -2.35. The van der Waals surface area contributed by atoms with Gasteiger partial charge in [-0.15, -0.1) is 0 Å². The normalized spacial score (nSPS) is 14.3. The van der Waals surface area contributed by atoms with E-state index >= 15 is 0 Å². The van der Waals surface area contributed by atoms with Crippen molar-refractivity contribution in [3.05, 3.63) is 0 Å². The van der Waals surface area contributed by atoms with Crippen molar-refractivity contribution in [2.45, 2.75) is 32.2 Å². The van der Waals surface area contributed by atoms with Crippen LogP contribution in [0.25, 0.3) is 0 Å². The number of guanidine groups is 1. The highest BCUT2D eigenvalue weighted by molar-refractivity contribution is 5.77. The van der Waals surface area contributed by atoms with Gasteiger partial charge in [0.1, 0.15) is 0 Å². The summed E-state index contributed by atoms with van der Waals surface area (Å²) in [6.45, 7) is 3.03. The summed E-state index contributed by atoms with van der Waals surface area (Å²) in [5.74, 6) is 0.588. The molecule has 0 spiro atoms. The van der Waals surface area contributed by atoms with E-state index in [4.69, 9.17) is 11.5 Å². The molecule has 0 aliphatic rings. The summed E-state index contributed by atoms with van der Waals surface area (Å²) < 4.78 is 0. The lowest BCUT2D eigenvalue weighted by molar-refractivity contribution is 0.449. The summed E-state index contributed by atoms with van der Waals surface area (Å²) in [5.41, 5.74) is 11.4. The molecule has 0 amide bonds. The van der Waals surface area contributed by atoms with Gasteiger partial charge in [-0.25, -0.2) is 0 Å². The van der Waals surface area contributed by atoms with Gasteiger partial charge in [-0.3, -0.25) is 4.99 Å². The fraction of sp³-hybridized carbons (Fsp3) is 0.889. The van der Waals surface area contributed by atoms with Gasteiger partial charge in [0.15, 0.2) is 5.96 Å². The fourth-order valence-corrected chi connectivity index (χ4v) is 1.08. The third-order valence-corrected chi connectivity index (χ3v) is 2.21. The molecule has 0 aliphatic heterocycles. The van der Waals surface area contributed by atoms with Crippen molar-refractivity contribution in [1.82, 2.24) is 4.90 Å². The van der Waals surface area contributed by atoms with Gasteiger partial charge >= 0.3 is 0 Å². The zero-order valence-corrected chi connectivity index (χ0v) is 8.95. The Kier molecular flexibility index (Phi) is 6.32. The van der Waals surface area contributed by atoms with Crippen molar-refractivity contribution in [2.75, 3.05) is 20.6 Å². The molecule has 0 radical (unpaired) electrons. The molecule has 78 valence electrons. The minimum Gasteiger partial charge on any atom is -0.370 e. The molecule has 4 nitrogen and oxygen atoms in total. The van der Waals surface area contributed by atoms with Crippen LogP contribution in [0.15, 0.2) is 4.99 Å². The maximum absolute atomic E-state index is 5.79. The molecule has 0 saturated heterocycles. The van der Waals surface area contributed by atoms with Crippen molar-refractivity contribution in [3.63, 3.8) is 0 Å². The van der Waals surface area contributed by atoms with E-state index in [0.717, 1.165) is 25.8 Å². The first-order chi connectivity index (χ1) is 6.11. The summed E-state index contributed by atoms with van der Waals surface area (Å²) in [7, 11) is 3.64. The zero-order valence-electron chi connectivity index (χ0n) is 8.95. The van der Waals surface area contributed by atoms with E-state index in [2.05, 4.69) is 11.9 Å². The Bertz CT molecular complexity index is 156. The predicted octanol–water partition coefficient (Wildman–Crippen LogP) is 0.380. The molecule has 1 atom stereocenters. The number of aliphatic imine (C=N–C) groups is 1. The lowest BCUT2D eigenvalue weighted by atomic mass is 10.1. The van der Waals surface area contributed by atoms with E-state index in [0.29, 0.717) is 12.0 Å². The van der Waals surface area contributed by atoms with Gasteiger partial charge in [-0.1, -0.05) is 6.92 Å². The molecular weight excluding hydrogens is 164 g/mol. The second-order valence-electron chi connectivity index (χ2n) is 3.31. The third kappa shape index (κ3) is 5.47. The van der Waals surface area contributed by atoms with Crippen LogP contribution in [0.5, 0.6) is 0 Å². The Hall–Kier alpha value is -0.770. The molecule has 0 aromatic heterocycles. The average Bonchev–Trinajstić information content (AvgIpc) is 2.15. The standard InChI is InChI=1S/C9H22N4/c1-4-8(10)6-5-7-13(3)9(11)12-2/h8H,4-7,10H2,1-3H3,(H2,11,12). The number of rotatable bonds is 5. The largest absolute Gasteiger partial charge is 0.370 e. The predicted molar refractivity (Wildman–Crippen MR) is 57.7 cm³/mol. The molecule has 4 N–H and O–H groups in total. The topological polar surface area (TPSA) is 67.6 Å². The first-order valence-corrected chi connectivity index (χ1v) is 4.80. The molecule has 0 rings (SSSR count). The SMILES string of the molecule is CCC(N)CCCN(C)C(N)=NC. The van der Waals surface area contributed by atoms with Crippen molar-refractivity contribution < 1.29 is 0 Å². The highest BCUT2D eigenvalue weighted by atomic mass is 15.2. The number of nitrogens with two attached hydrogens (primary N) is 2. The van der Waals surface area contributed by atoms with Gasteiger partial charge in [0.2, 0.25) is 0 Å². The minimum atomic E-state index is 0.327. The van der Waals surface area contributed by atoms with Gasteiger partial charge in [0, 0.05) is 26.7 Å². The fourth-order valence-electron chi connectivity index (χ4n) is 1.08. The highest BCUT2D eigenvalue weighted by Gasteiger charge is 2.02. The van der Waals surface area contributed by atoms with E-state index in [1.54, 1.807) is 7.05 Å². The Morgan fingerprint density at radius 3 is 2.62 bits per heavy atom. The van der Waals surface area contributed by atoms with Crippen molar-refractivity contribution in [1.29, 1.82) is 0 Å². The van der Waals surface area contributed by atoms with Gasteiger partial charge in [-0.2, -0.15) is 0 Å². The van der Waals surface area contributed by atoms with Crippen LogP contribution in [0, 0.1) is 0 Å². The van der Waals surface area contributed by atoms with E-state index in [1.807, 2.05) is 11.9 Å². The lowest BCUT2D eigenvalue weighted by Gasteiger charge is -2.18. The smallest absolute Gasteiger partial charge is 0.190 e. The van der Waals surface area contributed by atoms with Crippen molar-refractivity contribution in [2.24, 2.45) is 16.5 Å². The van der Waals surface area contributed by atoms with E-state index < -0.39 is 0 Å². The molecular formula is C9H22N4. The van der Waals surface area contributed by atoms with Crippen molar-refractivity contribution >= 4 is 5.96 Å². The maximum Gasteiger partial charge on any atom is 0.190 e. The zero-order chi connectivity index (χ0) is 10.3. The van der Waals surface area contributed by atoms with Crippen LogP contribution in [-0.2, 0) is 0 Å². The second kappa shape index (κ2) is 6.71. The quantitative estimate of drug-likeness (QED) is 0.482. The van der Waals surface area contributed by atoms with Crippen LogP contribution >= 0.6 is 0 Å². The highest BCUT2D eigenvalue weighted by Crippen LogP contribution is 1.99. The first-order valence-electron chi connectivity index (χ1n) is 4.80. The molecule has 0 saturated carbocycles. The van der Waals surface area contributed by atoms with Crippen LogP contribution in [0.2, 0.25) is 0 Å². The number of hydrogen-bond acceptors (Lipinski definition) is 2. The van der Waals surface area contributed by atoms with Crippen LogP contribution in [0.1, 0.15) is 26.2 Å². The van der Waals surface area contributed by atoms with Crippen LogP contribution in [0.4, 0.5) is 0 Å². The molecule has 1 unspecified atom stereocenters. The van der Waals surface area contributed by atoms with Crippen LogP contribution in [-0.4, -0.2) is 37.5 Å². The second-order valence-corrected chi connectivity index (χ2v) is 3.31. The molecule has 0 aromatic carbocycles. The Morgan fingerprint density at radius 2 is 2.15 bits per heavy atom. The van der Waals surface area contributed by atoms with Gasteiger partial charge in [0.05, 0.1) is 0 Å². The van der Waals surface area contributed by atoms with Gasteiger partial charge < -0.3 is 16.4 Å². The number of hydrogen-bond donors (Lipinski definition) is 2. The van der Waals surface area contributed by atoms with Crippen LogP contribution in [0.3, 0.4) is 0 Å². The first kappa shape index (κ1) is 12.2. The van der Waals surface area contributed by atoms with E-state index in [9.17, 15) is 0 Å². The average molecular weight is 186 g/mol. The summed E-state index contributed by atoms with van der Waals surface area (Å²) >= 11 is 0. The summed E-state index contributed by atoms with van der Waals surface area (Å²) in [6.07, 6.45) is 3.17.